The average molecular weight is 383 g/mol. The van der Waals surface area contributed by atoms with Gasteiger partial charge in [-0.15, -0.1) is 0 Å². The van der Waals surface area contributed by atoms with Crippen molar-refractivity contribution in [2.75, 3.05) is 26.2 Å². The number of fused-ring (bicyclic) bond motifs is 1. The van der Waals surface area contributed by atoms with E-state index < -0.39 is 0 Å². The summed E-state index contributed by atoms with van der Waals surface area (Å²) >= 11 is 0. The van der Waals surface area contributed by atoms with Crippen molar-refractivity contribution in [1.29, 1.82) is 0 Å². The number of ether oxygens (including phenoxy) is 1. The molecule has 28 heavy (non-hydrogen) atoms. The number of aryl methyl sites for hydroxylation is 1. The molecule has 6 nitrogen and oxygen atoms in total. The van der Waals surface area contributed by atoms with Gasteiger partial charge in [0.1, 0.15) is 5.69 Å². The SMILES string of the molecule is O=C(NCCCOC1CCCc2ccccc21)c1ccn(C2CCCNC2)n1. The molecule has 2 N–H and O–H groups in total. The van der Waals surface area contributed by atoms with E-state index in [1.165, 1.54) is 17.5 Å². The van der Waals surface area contributed by atoms with Crippen LogP contribution in [0.5, 0.6) is 0 Å². The molecule has 2 aromatic rings. The van der Waals surface area contributed by atoms with Crippen molar-refractivity contribution in [3.8, 4) is 0 Å². The highest BCUT2D eigenvalue weighted by Crippen LogP contribution is 2.32. The molecule has 1 aromatic heterocycles. The molecule has 2 aliphatic rings. The Morgan fingerprint density at radius 3 is 3.07 bits per heavy atom. The van der Waals surface area contributed by atoms with Crippen LogP contribution in [0.3, 0.4) is 0 Å². The molecule has 0 spiro atoms. The third-order valence-electron chi connectivity index (χ3n) is 5.73. The summed E-state index contributed by atoms with van der Waals surface area (Å²) in [4.78, 5) is 12.3. The Hall–Kier alpha value is -2.18. The van der Waals surface area contributed by atoms with E-state index in [1.807, 2.05) is 10.9 Å². The summed E-state index contributed by atoms with van der Waals surface area (Å²) in [6.45, 7) is 3.25. The molecular formula is C22H30N4O2. The molecule has 6 heteroatoms. The minimum Gasteiger partial charge on any atom is -0.373 e. The van der Waals surface area contributed by atoms with Crippen LogP contribution in [-0.4, -0.2) is 41.9 Å². The number of carbonyl (C=O) groups is 1. The Bertz CT molecular complexity index is 782. The summed E-state index contributed by atoms with van der Waals surface area (Å²) in [6.07, 6.45) is 8.58. The van der Waals surface area contributed by atoms with Crippen molar-refractivity contribution >= 4 is 5.91 Å². The molecule has 4 rings (SSSR count). The van der Waals surface area contributed by atoms with E-state index in [0.29, 0.717) is 24.9 Å². The van der Waals surface area contributed by atoms with Gasteiger partial charge >= 0.3 is 0 Å². The van der Waals surface area contributed by atoms with Crippen molar-refractivity contribution in [3.63, 3.8) is 0 Å². The lowest BCUT2D eigenvalue weighted by molar-refractivity contribution is 0.0393. The molecule has 2 unspecified atom stereocenters. The summed E-state index contributed by atoms with van der Waals surface area (Å²) < 4.78 is 8.02. The van der Waals surface area contributed by atoms with Gasteiger partial charge in [-0.25, -0.2) is 0 Å². The van der Waals surface area contributed by atoms with Crippen LogP contribution in [-0.2, 0) is 11.2 Å². The summed E-state index contributed by atoms with van der Waals surface area (Å²) in [6, 6.07) is 10.7. The Balaban J connectivity index is 1.19. The number of benzene rings is 1. The lowest BCUT2D eigenvalue weighted by Crippen LogP contribution is -2.32. The molecule has 1 fully saturated rings. The first-order valence-electron chi connectivity index (χ1n) is 10.5. The Morgan fingerprint density at radius 1 is 1.25 bits per heavy atom. The van der Waals surface area contributed by atoms with Crippen LogP contribution in [0.4, 0.5) is 0 Å². The van der Waals surface area contributed by atoms with Gasteiger partial charge in [-0.1, -0.05) is 24.3 Å². The van der Waals surface area contributed by atoms with Crippen molar-refractivity contribution in [2.45, 2.75) is 50.7 Å². The van der Waals surface area contributed by atoms with Crippen LogP contribution in [0.15, 0.2) is 36.5 Å². The van der Waals surface area contributed by atoms with E-state index in [9.17, 15) is 4.79 Å². The van der Waals surface area contributed by atoms with Gasteiger partial charge in [0.05, 0.1) is 12.1 Å². The first-order chi connectivity index (χ1) is 13.8. The second-order valence-corrected chi connectivity index (χ2v) is 7.74. The zero-order valence-electron chi connectivity index (χ0n) is 16.4. The highest BCUT2D eigenvalue weighted by atomic mass is 16.5. The molecule has 1 aliphatic carbocycles. The quantitative estimate of drug-likeness (QED) is 0.723. The number of nitrogens with zero attached hydrogens (tertiary/aromatic N) is 2. The largest absolute Gasteiger partial charge is 0.373 e. The summed E-state index contributed by atoms with van der Waals surface area (Å²) in [7, 11) is 0. The fourth-order valence-corrected chi connectivity index (χ4v) is 4.19. The average Bonchev–Trinajstić information content (AvgIpc) is 3.25. The van der Waals surface area contributed by atoms with Gasteiger partial charge in [0.25, 0.3) is 5.91 Å². The van der Waals surface area contributed by atoms with Crippen LogP contribution < -0.4 is 10.6 Å². The van der Waals surface area contributed by atoms with Crippen molar-refractivity contribution in [1.82, 2.24) is 20.4 Å². The third kappa shape index (κ3) is 4.62. The Labute approximate surface area is 166 Å². The van der Waals surface area contributed by atoms with Gasteiger partial charge in [-0.3, -0.25) is 9.48 Å². The fourth-order valence-electron chi connectivity index (χ4n) is 4.19. The number of rotatable bonds is 7. The minimum atomic E-state index is -0.106. The molecule has 1 saturated heterocycles. The standard InChI is InChI=1S/C22H30N4O2/c27-22(20-11-14-26(25-20)18-8-4-12-23-16-18)24-13-5-15-28-21-10-3-7-17-6-1-2-9-19(17)21/h1-2,6,9,11,14,18,21,23H,3-5,7-8,10,12-13,15-16H2,(H,24,27). The van der Waals surface area contributed by atoms with Crippen LogP contribution in [0.25, 0.3) is 0 Å². The van der Waals surface area contributed by atoms with Gasteiger partial charge < -0.3 is 15.4 Å². The second kappa shape index (κ2) is 9.34. The number of carbonyl (C=O) groups excluding carboxylic acids is 1. The van der Waals surface area contributed by atoms with Crippen LogP contribution >= 0.6 is 0 Å². The van der Waals surface area contributed by atoms with Crippen LogP contribution in [0.2, 0.25) is 0 Å². The third-order valence-corrected chi connectivity index (χ3v) is 5.73. The van der Waals surface area contributed by atoms with Gasteiger partial charge in [-0.05, 0) is 62.3 Å². The van der Waals surface area contributed by atoms with E-state index in [2.05, 4.69) is 40.0 Å². The number of piperidine rings is 1. The summed E-state index contributed by atoms with van der Waals surface area (Å²) in [5.74, 6) is -0.106. The van der Waals surface area contributed by atoms with Gasteiger partial charge in [0, 0.05) is 25.9 Å². The first kappa shape index (κ1) is 19.2. The van der Waals surface area contributed by atoms with Crippen molar-refractivity contribution in [3.05, 3.63) is 53.3 Å². The van der Waals surface area contributed by atoms with Gasteiger partial charge in [0.2, 0.25) is 0 Å². The zero-order valence-corrected chi connectivity index (χ0v) is 16.4. The second-order valence-electron chi connectivity index (χ2n) is 7.74. The van der Waals surface area contributed by atoms with Crippen LogP contribution in [0.1, 0.15) is 65.9 Å². The van der Waals surface area contributed by atoms with Crippen LogP contribution in [0, 0.1) is 0 Å². The predicted molar refractivity (Wildman–Crippen MR) is 108 cm³/mol. The maximum atomic E-state index is 12.3. The lowest BCUT2D eigenvalue weighted by Gasteiger charge is -2.25. The molecular weight excluding hydrogens is 352 g/mol. The highest BCUT2D eigenvalue weighted by Gasteiger charge is 2.20. The highest BCUT2D eigenvalue weighted by molar-refractivity contribution is 5.92. The number of amides is 1. The first-order valence-corrected chi connectivity index (χ1v) is 10.5. The van der Waals surface area contributed by atoms with E-state index in [0.717, 1.165) is 45.2 Å². The van der Waals surface area contributed by atoms with E-state index in [1.54, 1.807) is 6.07 Å². The smallest absolute Gasteiger partial charge is 0.271 e. The number of hydrogen-bond donors (Lipinski definition) is 2. The molecule has 2 heterocycles. The zero-order chi connectivity index (χ0) is 19.2. The molecule has 0 radical (unpaired) electrons. The molecule has 1 aromatic carbocycles. The summed E-state index contributed by atoms with van der Waals surface area (Å²) in [5.41, 5.74) is 3.24. The topological polar surface area (TPSA) is 68.2 Å². The monoisotopic (exact) mass is 382 g/mol. The van der Waals surface area contributed by atoms with Crippen molar-refractivity contribution < 1.29 is 9.53 Å². The van der Waals surface area contributed by atoms with E-state index in [-0.39, 0.29) is 12.0 Å². The fraction of sp³-hybridized carbons (Fsp3) is 0.545. The molecule has 2 atom stereocenters. The minimum absolute atomic E-state index is 0.106. The predicted octanol–water partition coefficient (Wildman–Crippen LogP) is 3.02. The lowest BCUT2D eigenvalue weighted by atomic mass is 9.89. The normalized spacial score (nSPS) is 21.9. The molecule has 1 amide bonds. The van der Waals surface area contributed by atoms with Gasteiger partial charge in [-0.2, -0.15) is 5.10 Å². The summed E-state index contributed by atoms with van der Waals surface area (Å²) in [5, 5.41) is 10.8. The van der Waals surface area contributed by atoms with E-state index >= 15 is 0 Å². The van der Waals surface area contributed by atoms with Crippen molar-refractivity contribution in [2.24, 2.45) is 0 Å². The van der Waals surface area contributed by atoms with E-state index in [4.69, 9.17) is 4.74 Å². The molecule has 0 bridgehead atoms. The number of hydrogen-bond acceptors (Lipinski definition) is 4. The number of nitrogens with one attached hydrogen (secondary N) is 2. The maximum Gasteiger partial charge on any atom is 0.271 e. The molecule has 0 saturated carbocycles. The Morgan fingerprint density at radius 2 is 2.18 bits per heavy atom. The molecule has 150 valence electrons. The van der Waals surface area contributed by atoms with Gasteiger partial charge in [0.15, 0.2) is 0 Å². The Kier molecular flexibility index (Phi) is 6.39. The maximum absolute atomic E-state index is 12.3. The molecule has 1 aliphatic heterocycles. The number of aromatic nitrogens is 2.